The molecule has 4 heteroatoms. The van der Waals surface area contributed by atoms with Crippen LogP contribution in [0, 0.1) is 0 Å². The number of carbonyl (C=O) groups is 1. The number of amides is 1. The fraction of sp³-hybridized carbons (Fsp3) is 0.545. The van der Waals surface area contributed by atoms with E-state index in [9.17, 15) is 4.79 Å². The lowest BCUT2D eigenvalue weighted by Crippen LogP contribution is -2.47. The van der Waals surface area contributed by atoms with Gasteiger partial charge in [0.1, 0.15) is 5.76 Å². The Morgan fingerprint density at radius 3 is 2.73 bits per heavy atom. The predicted octanol–water partition coefficient (Wildman–Crippen LogP) is 0.596. The third-order valence-electron chi connectivity index (χ3n) is 2.76. The molecule has 1 aliphatic heterocycles. The first-order valence-corrected chi connectivity index (χ1v) is 5.24. The van der Waals surface area contributed by atoms with Gasteiger partial charge in [0.2, 0.25) is 5.91 Å². The number of carbonyl (C=O) groups excluding carboxylic acids is 1. The molecular formula is C11H16N2O2. The molecule has 0 bridgehead atoms. The summed E-state index contributed by atoms with van der Waals surface area (Å²) in [4.78, 5) is 16.0. The summed E-state index contributed by atoms with van der Waals surface area (Å²) in [5, 5.41) is 0. The monoisotopic (exact) mass is 208 g/mol. The molecule has 1 aromatic rings. The SMILES string of the molecule is CN1CCN(C(=O)Cc2ccco2)CC1. The molecule has 0 spiro atoms. The summed E-state index contributed by atoms with van der Waals surface area (Å²) in [6.07, 6.45) is 1.99. The van der Waals surface area contributed by atoms with Crippen molar-refractivity contribution in [3.63, 3.8) is 0 Å². The standard InChI is InChI=1S/C11H16N2O2/c1-12-4-6-13(7-5-12)11(14)9-10-3-2-8-15-10/h2-3,8H,4-7,9H2,1H3. The number of hydrogen-bond donors (Lipinski definition) is 0. The fourth-order valence-electron chi connectivity index (χ4n) is 1.73. The van der Waals surface area contributed by atoms with E-state index in [-0.39, 0.29) is 5.91 Å². The van der Waals surface area contributed by atoms with E-state index in [2.05, 4.69) is 11.9 Å². The van der Waals surface area contributed by atoms with Gasteiger partial charge in [0.05, 0.1) is 12.7 Å². The topological polar surface area (TPSA) is 36.7 Å². The number of hydrogen-bond acceptors (Lipinski definition) is 3. The summed E-state index contributed by atoms with van der Waals surface area (Å²) in [5.41, 5.74) is 0. The van der Waals surface area contributed by atoms with Crippen LogP contribution in [0.15, 0.2) is 22.8 Å². The molecule has 0 saturated carbocycles. The van der Waals surface area contributed by atoms with Crippen molar-refractivity contribution in [3.8, 4) is 0 Å². The third kappa shape index (κ3) is 2.59. The van der Waals surface area contributed by atoms with Crippen molar-refractivity contribution in [2.45, 2.75) is 6.42 Å². The van der Waals surface area contributed by atoms with Gasteiger partial charge in [-0.25, -0.2) is 0 Å². The van der Waals surface area contributed by atoms with Crippen molar-refractivity contribution in [3.05, 3.63) is 24.2 Å². The highest BCUT2D eigenvalue weighted by molar-refractivity contribution is 5.78. The zero-order valence-electron chi connectivity index (χ0n) is 8.98. The first kappa shape index (κ1) is 10.2. The molecule has 15 heavy (non-hydrogen) atoms. The lowest BCUT2D eigenvalue weighted by atomic mass is 10.2. The molecule has 1 saturated heterocycles. The molecule has 1 aliphatic rings. The second-order valence-corrected chi connectivity index (χ2v) is 3.94. The lowest BCUT2D eigenvalue weighted by Gasteiger charge is -2.32. The Labute approximate surface area is 89.5 Å². The van der Waals surface area contributed by atoms with Crippen molar-refractivity contribution in [2.75, 3.05) is 33.2 Å². The number of likely N-dealkylation sites (N-methyl/N-ethyl adjacent to an activating group) is 1. The maximum atomic E-state index is 11.8. The minimum atomic E-state index is 0.165. The van der Waals surface area contributed by atoms with E-state index in [0.29, 0.717) is 6.42 Å². The maximum Gasteiger partial charge on any atom is 0.230 e. The Morgan fingerprint density at radius 1 is 1.40 bits per heavy atom. The highest BCUT2D eigenvalue weighted by Gasteiger charge is 2.19. The Hall–Kier alpha value is -1.29. The van der Waals surface area contributed by atoms with Crippen molar-refractivity contribution in [1.82, 2.24) is 9.80 Å². The lowest BCUT2D eigenvalue weighted by molar-refractivity contribution is -0.132. The number of furan rings is 1. The molecule has 0 atom stereocenters. The van der Waals surface area contributed by atoms with Gasteiger partial charge in [-0.05, 0) is 19.2 Å². The molecule has 82 valence electrons. The first-order valence-electron chi connectivity index (χ1n) is 5.24. The minimum Gasteiger partial charge on any atom is -0.469 e. The van der Waals surface area contributed by atoms with E-state index in [1.807, 2.05) is 17.0 Å². The van der Waals surface area contributed by atoms with Crippen LogP contribution in [-0.2, 0) is 11.2 Å². The van der Waals surface area contributed by atoms with Gasteiger partial charge in [-0.1, -0.05) is 0 Å². The predicted molar refractivity (Wildman–Crippen MR) is 56.5 cm³/mol. The average molecular weight is 208 g/mol. The van der Waals surface area contributed by atoms with Crippen LogP contribution >= 0.6 is 0 Å². The first-order chi connectivity index (χ1) is 7.25. The summed E-state index contributed by atoms with van der Waals surface area (Å²) >= 11 is 0. The van der Waals surface area contributed by atoms with Crippen molar-refractivity contribution >= 4 is 5.91 Å². The number of piperazine rings is 1. The smallest absolute Gasteiger partial charge is 0.230 e. The quantitative estimate of drug-likeness (QED) is 0.714. The van der Waals surface area contributed by atoms with Gasteiger partial charge in [-0.15, -0.1) is 0 Å². The Bertz CT molecular complexity index is 313. The van der Waals surface area contributed by atoms with Crippen LogP contribution in [0.1, 0.15) is 5.76 Å². The summed E-state index contributed by atoms with van der Waals surface area (Å²) in [7, 11) is 2.08. The van der Waals surface area contributed by atoms with Crippen LogP contribution in [0.5, 0.6) is 0 Å². The van der Waals surface area contributed by atoms with E-state index in [4.69, 9.17) is 4.42 Å². The second kappa shape index (κ2) is 4.49. The van der Waals surface area contributed by atoms with Crippen LogP contribution in [0.3, 0.4) is 0 Å². The van der Waals surface area contributed by atoms with Crippen LogP contribution in [-0.4, -0.2) is 48.9 Å². The number of rotatable bonds is 2. The van der Waals surface area contributed by atoms with E-state index in [1.54, 1.807) is 6.26 Å². The minimum absolute atomic E-state index is 0.165. The second-order valence-electron chi connectivity index (χ2n) is 3.94. The van der Waals surface area contributed by atoms with Gasteiger partial charge in [0.25, 0.3) is 0 Å². The molecule has 1 aromatic heterocycles. The molecule has 0 unspecified atom stereocenters. The van der Waals surface area contributed by atoms with Crippen LogP contribution in [0.25, 0.3) is 0 Å². The van der Waals surface area contributed by atoms with Crippen molar-refractivity contribution < 1.29 is 9.21 Å². The summed E-state index contributed by atoms with van der Waals surface area (Å²) in [6, 6.07) is 3.65. The summed E-state index contributed by atoms with van der Waals surface area (Å²) in [5.74, 6) is 0.914. The Balaban J connectivity index is 1.86. The van der Waals surface area contributed by atoms with Gasteiger partial charge < -0.3 is 14.2 Å². The van der Waals surface area contributed by atoms with Gasteiger partial charge in [-0.3, -0.25) is 4.79 Å². The normalized spacial score (nSPS) is 18.1. The van der Waals surface area contributed by atoms with Crippen LogP contribution in [0.4, 0.5) is 0 Å². The fourth-order valence-corrected chi connectivity index (χ4v) is 1.73. The molecule has 0 N–H and O–H groups in total. The van der Waals surface area contributed by atoms with Crippen LogP contribution in [0.2, 0.25) is 0 Å². The van der Waals surface area contributed by atoms with E-state index in [1.165, 1.54) is 0 Å². The third-order valence-corrected chi connectivity index (χ3v) is 2.76. The number of nitrogens with zero attached hydrogens (tertiary/aromatic N) is 2. The molecule has 0 aromatic carbocycles. The van der Waals surface area contributed by atoms with E-state index < -0.39 is 0 Å². The molecule has 4 nitrogen and oxygen atoms in total. The molecule has 1 fully saturated rings. The maximum absolute atomic E-state index is 11.8. The van der Waals surface area contributed by atoms with Gasteiger partial charge >= 0.3 is 0 Å². The molecule has 2 heterocycles. The zero-order chi connectivity index (χ0) is 10.7. The van der Waals surface area contributed by atoms with Gasteiger partial charge in [0.15, 0.2) is 0 Å². The van der Waals surface area contributed by atoms with Crippen LogP contribution < -0.4 is 0 Å². The molecule has 1 amide bonds. The molecule has 2 rings (SSSR count). The average Bonchev–Trinajstić information content (AvgIpc) is 2.71. The highest BCUT2D eigenvalue weighted by atomic mass is 16.3. The zero-order valence-corrected chi connectivity index (χ0v) is 8.98. The summed E-state index contributed by atoms with van der Waals surface area (Å²) in [6.45, 7) is 3.58. The molecule has 0 radical (unpaired) electrons. The summed E-state index contributed by atoms with van der Waals surface area (Å²) < 4.78 is 5.16. The molecule has 0 aliphatic carbocycles. The largest absolute Gasteiger partial charge is 0.469 e. The van der Waals surface area contributed by atoms with E-state index >= 15 is 0 Å². The van der Waals surface area contributed by atoms with E-state index in [0.717, 1.165) is 31.9 Å². The van der Waals surface area contributed by atoms with Gasteiger partial charge in [0, 0.05) is 26.2 Å². The molecular weight excluding hydrogens is 192 g/mol. The Kier molecular flexibility index (Phi) is 3.06. The van der Waals surface area contributed by atoms with Gasteiger partial charge in [-0.2, -0.15) is 0 Å². The highest BCUT2D eigenvalue weighted by Crippen LogP contribution is 2.06. The van der Waals surface area contributed by atoms with Crippen molar-refractivity contribution in [2.24, 2.45) is 0 Å². The Morgan fingerprint density at radius 2 is 2.13 bits per heavy atom. The van der Waals surface area contributed by atoms with Crippen molar-refractivity contribution in [1.29, 1.82) is 0 Å².